The van der Waals surface area contributed by atoms with Crippen molar-refractivity contribution in [2.24, 2.45) is 0 Å². The van der Waals surface area contributed by atoms with Crippen molar-refractivity contribution < 1.29 is 18.0 Å². The second-order valence-corrected chi connectivity index (χ2v) is 4.99. The second kappa shape index (κ2) is 5.80. The molecule has 0 aliphatic carbocycles. The number of nitrogens with two attached hydrogens (primary N) is 1. The summed E-state index contributed by atoms with van der Waals surface area (Å²) in [6, 6.07) is 8.87. The van der Waals surface area contributed by atoms with Crippen LogP contribution in [0.2, 0.25) is 0 Å². The fraction of sp³-hybridized carbons (Fsp3) is 0.0625. The molecule has 0 spiro atoms. The number of nitrogen functional groups attached to an aromatic ring is 1. The van der Waals surface area contributed by atoms with E-state index in [0.29, 0.717) is 11.1 Å². The molecule has 0 aliphatic rings. The number of amides is 1. The standard InChI is InChI=1S/C16H11F3N4O/c17-16(18,19)13-6-5-11(20)14(23-13)15(24)22-12-8-21-7-9-3-1-2-4-10(9)12/h1-8H,20H2,(H,22,24). The summed E-state index contributed by atoms with van der Waals surface area (Å²) in [6.45, 7) is 0. The summed E-state index contributed by atoms with van der Waals surface area (Å²) >= 11 is 0. The van der Waals surface area contributed by atoms with E-state index in [-0.39, 0.29) is 5.69 Å². The molecule has 0 atom stereocenters. The Morgan fingerprint density at radius 2 is 1.83 bits per heavy atom. The molecule has 2 heterocycles. The van der Waals surface area contributed by atoms with E-state index in [1.165, 1.54) is 6.20 Å². The van der Waals surface area contributed by atoms with Crippen LogP contribution in [-0.2, 0) is 6.18 Å². The van der Waals surface area contributed by atoms with Gasteiger partial charge in [0.05, 0.1) is 17.6 Å². The lowest BCUT2D eigenvalue weighted by atomic mass is 10.1. The summed E-state index contributed by atoms with van der Waals surface area (Å²) < 4.78 is 38.3. The van der Waals surface area contributed by atoms with Crippen molar-refractivity contribution in [3.05, 3.63) is 60.2 Å². The third-order valence-corrected chi connectivity index (χ3v) is 3.35. The van der Waals surface area contributed by atoms with Crippen LogP contribution in [0.15, 0.2) is 48.8 Å². The number of nitrogens with one attached hydrogen (secondary N) is 1. The van der Waals surface area contributed by atoms with Gasteiger partial charge in [-0.25, -0.2) is 4.98 Å². The van der Waals surface area contributed by atoms with Crippen LogP contribution in [0.4, 0.5) is 24.5 Å². The van der Waals surface area contributed by atoms with E-state index in [4.69, 9.17) is 5.73 Å². The molecule has 0 saturated heterocycles. The van der Waals surface area contributed by atoms with Gasteiger partial charge in [-0.3, -0.25) is 9.78 Å². The Kier molecular flexibility index (Phi) is 3.80. The molecule has 2 aromatic heterocycles. The maximum atomic E-state index is 12.8. The van der Waals surface area contributed by atoms with Crippen LogP contribution >= 0.6 is 0 Å². The van der Waals surface area contributed by atoms with E-state index in [1.807, 2.05) is 6.07 Å². The topological polar surface area (TPSA) is 80.9 Å². The van der Waals surface area contributed by atoms with Gasteiger partial charge in [0.15, 0.2) is 5.69 Å². The van der Waals surface area contributed by atoms with Gasteiger partial charge in [0.2, 0.25) is 0 Å². The van der Waals surface area contributed by atoms with Crippen molar-refractivity contribution in [3.63, 3.8) is 0 Å². The number of nitrogens with zero attached hydrogens (tertiary/aromatic N) is 2. The Morgan fingerprint density at radius 3 is 2.58 bits per heavy atom. The molecular formula is C16H11F3N4O. The minimum absolute atomic E-state index is 0.145. The van der Waals surface area contributed by atoms with Crippen molar-refractivity contribution in [1.82, 2.24) is 9.97 Å². The number of hydrogen-bond acceptors (Lipinski definition) is 4. The molecule has 1 aromatic carbocycles. The number of hydrogen-bond donors (Lipinski definition) is 2. The van der Waals surface area contributed by atoms with Crippen LogP contribution in [0.25, 0.3) is 10.8 Å². The van der Waals surface area contributed by atoms with Gasteiger partial charge < -0.3 is 11.1 Å². The Hall–Kier alpha value is -3.16. The molecule has 5 nitrogen and oxygen atoms in total. The third kappa shape index (κ3) is 2.98. The average molecular weight is 332 g/mol. The molecule has 3 rings (SSSR count). The van der Waals surface area contributed by atoms with Crippen LogP contribution in [0.3, 0.4) is 0 Å². The maximum absolute atomic E-state index is 12.8. The first-order valence-corrected chi connectivity index (χ1v) is 6.84. The number of pyridine rings is 2. The molecule has 3 aromatic rings. The molecule has 3 N–H and O–H groups in total. The first kappa shape index (κ1) is 15.7. The largest absolute Gasteiger partial charge is 0.433 e. The maximum Gasteiger partial charge on any atom is 0.433 e. The van der Waals surface area contributed by atoms with E-state index in [0.717, 1.165) is 17.5 Å². The lowest BCUT2D eigenvalue weighted by molar-refractivity contribution is -0.141. The Morgan fingerprint density at radius 1 is 1.08 bits per heavy atom. The van der Waals surface area contributed by atoms with Gasteiger partial charge in [-0.1, -0.05) is 24.3 Å². The van der Waals surface area contributed by atoms with Gasteiger partial charge in [-0.05, 0) is 12.1 Å². The summed E-state index contributed by atoms with van der Waals surface area (Å²) in [5, 5.41) is 3.99. The van der Waals surface area contributed by atoms with Crippen LogP contribution in [0, 0.1) is 0 Å². The number of carbonyl (C=O) groups excluding carboxylic acids is 1. The summed E-state index contributed by atoms with van der Waals surface area (Å²) in [6.07, 6.45) is -1.64. The number of rotatable bonds is 2. The third-order valence-electron chi connectivity index (χ3n) is 3.35. The first-order chi connectivity index (χ1) is 11.4. The molecule has 8 heteroatoms. The first-order valence-electron chi connectivity index (χ1n) is 6.84. The zero-order valence-corrected chi connectivity index (χ0v) is 12.1. The van der Waals surface area contributed by atoms with E-state index >= 15 is 0 Å². The second-order valence-electron chi connectivity index (χ2n) is 4.99. The van der Waals surface area contributed by atoms with Crippen LogP contribution in [0.5, 0.6) is 0 Å². The molecule has 0 bridgehead atoms. The summed E-state index contributed by atoms with van der Waals surface area (Å²) in [5.74, 6) is -0.836. The normalized spacial score (nSPS) is 11.5. The fourth-order valence-electron chi connectivity index (χ4n) is 2.21. The highest BCUT2D eigenvalue weighted by molar-refractivity contribution is 6.10. The Labute approximate surface area is 134 Å². The lowest BCUT2D eigenvalue weighted by Crippen LogP contribution is -2.19. The SMILES string of the molecule is Nc1ccc(C(F)(F)F)nc1C(=O)Nc1cncc2ccccc12. The monoisotopic (exact) mass is 332 g/mol. The van der Waals surface area contributed by atoms with Crippen molar-refractivity contribution in [2.45, 2.75) is 6.18 Å². The van der Waals surface area contributed by atoms with E-state index in [1.54, 1.807) is 24.4 Å². The Balaban J connectivity index is 1.98. The smallest absolute Gasteiger partial charge is 0.397 e. The number of aromatic nitrogens is 2. The van der Waals surface area contributed by atoms with Gasteiger partial charge >= 0.3 is 6.18 Å². The predicted octanol–water partition coefficient (Wildman–Crippen LogP) is 3.48. The number of halogens is 3. The minimum atomic E-state index is -4.66. The van der Waals surface area contributed by atoms with E-state index in [2.05, 4.69) is 15.3 Å². The molecule has 0 aliphatic heterocycles. The molecule has 24 heavy (non-hydrogen) atoms. The minimum Gasteiger partial charge on any atom is -0.397 e. The summed E-state index contributed by atoms with van der Waals surface area (Å²) in [5.41, 5.74) is 4.14. The summed E-state index contributed by atoms with van der Waals surface area (Å²) in [4.78, 5) is 19.6. The molecule has 1 amide bonds. The van der Waals surface area contributed by atoms with Gasteiger partial charge in [-0.15, -0.1) is 0 Å². The predicted molar refractivity (Wildman–Crippen MR) is 83.3 cm³/mol. The lowest BCUT2D eigenvalue weighted by Gasteiger charge is -2.11. The summed E-state index contributed by atoms with van der Waals surface area (Å²) in [7, 11) is 0. The van der Waals surface area contributed by atoms with Crippen LogP contribution < -0.4 is 11.1 Å². The number of fused-ring (bicyclic) bond motifs is 1. The van der Waals surface area contributed by atoms with Gasteiger partial charge in [0.25, 0.3) is 5.91 Å². The number of alkyl halides is 3. The molecule has 0 unspecified atom stereocenters. The zero-order chi connectivity index (χ0) is 17.3. The van der Waals surface area contributed by atoms with Crippen molar-refractivity contribution in [3.8, 4) is 0 Å². The highest BCUT2D eigenvalue weighted by Crippen LogP contribution is 2.29. The quantitative estimate of drug-likeness (QED) is 0.753. The molecule has 122 valence electrons. The van der Waals surface area contributed by atoms with Crippen LogP contribution in [0.1, 0.15) is 16.2 Å². The van der Waals surface area contributed by atoms with E-state index in [9.17, 15) is 18.0 Å². The highest BCUT2D eigenvalue weighted by atomic mass is 19.4. The van der Waals surface area contributed by atoms with Crippen molar-refractivity contribution >= 4 is 28.1 Å². The number of carbonyl (C=O) groups is 1. The van der Waals surface area contributed by atoms with Gasteiger partial charge in [0.1, 0.15) is 5.69 Å². The Bertz CT molecular complexity index is 919. The number of anilines is 2. The van der Waals surface area contributed by atoms with E-state index < -0.39 is 23.5 Å². The molecular weight excluding hydrogens is 321 g/mol. The highest BCUT2D eigenvalue weighted by Gasteiger charge is 2.33. The number of benzene rings is 1. The molecule has 0 fully saturated rings. The van der Waals surface area contributed by atoms with Crippen LogP contribution in [-0.4, -0.2) is 15.9 Å². The average Bonchev–Trinajstić information content (AvgIpc) is 2.54. The van der Waals surface area contributed by atoms with Gasteiger partial charge in [-0.2, -0.15) is 13.2 Å². The van der Waals surface area contributed by atoms with Crippen molar-refractivity contribution in [2.75, 3.05) is 11.1 Å². The van der Waals surface area contributed by atoms with Crippen molar-refractivity contribution in [1.29, 1.82) is 0 Å². The van der Waals surface area contributed by atoms with Gasteiger partial charge in [0, 0.05) is 17.0 Å². The molecule has 0 radical (unpaired) electrons. The zero-order valence-electron chi connectivity index (χ0n) is 12.1. The molecule has 0 saturated carbocycles. The fourth-order valence-corrected chi connectivity index (χ4v) is 2.21.